The molecule has 0 aromatic heterocycles. The Labute approximate surface area is 96.1 Å². The molecule has 3 N–H and O–H groups in total. The van der Waals surface area contributed by atoms with E-state index >= 15 is 0 Å². The number of carbonyl (C=O) groups is 1. The molecule has 0 unspecified atom stereocenters. The van der Waals surface area contributed by atoms with Gasteiger partial charge < -0.3 is 15.3 Å². The number of carboxylic acid groups (broad SMARTS) is 1. The molecule has 0 bridgehead atoms. The Morgan fingerprint density at radius 1 is 1.47 bits per heavy atom. The van der Waals surface area contributed by atoms with E-state index < -0.39 is 28.3 Å². The topological polar surface area (TPSA) is 121 Å². The maximum atomic E-state index is 10.7. The molecule has 17 heavy (non-hydrogen) atoms. The van der Waals surface area contributed by atoms with E-state index in [-0.39, 0.29) is 5.56 Å². The number of hydrogen-bond donors (Lipinski definition) is 3. The van der Waals surface area contributed by atoms with E-state index in [1.54, 1.807) is 0 Å². The smallest absolute Gasteiger partial charge is 0.338 e. The van der Waals surface area contributed by atoms with Crippen LogP contribution in [-0.4, -0.2) is 31.8 Å². The molecule has 1 aromatic rings. The van der Waals surface area contributed by atoms with E-state index in [0.29, 0.717) is 0 Å². The van der Waals surface area contributed by atoms with Gasteiger partial charge in [-0.2, -0.15) is 0 Å². The summed E-state index contributed by atoms with van der Waals surface area (Å²) < 4.78 is 0. The first-order chi connectivity index (χ1) is 7.78. The van der Waals surface area contributed by atoms with Crippen LogP contribution in [-0.2, 0) is 4.79 Å². The number of benzene rings is 1. The van der Waals surface area contributed by atoms with Gasteiger partial charge in [0.15, 0.2) is 5.60 Å². The maximum Gasteiger partial charge on any atom is 0.338 e. The second-order valence-corrected chi connectivity index (χ2v) is 3.67. The fourth-order valence-electron chi connectivity index (χ4n) is 1.30. The summed E-state index contributed by atoms with van der Waals surface area (Å²) in [5, 5.41) is 38.7. The molecule has 0 aliphatic carbocycles. The summed E-state index contributed by atoms with van der Waals surface area (Å²) in [7, 11) is 0. The molecular weight excluding hydrogens is 230 g/mol. The number of carboxylic acids is 1. The average Bonchev–Trinajstić information content (AvgIpc) is 2.27. The second kappa shape index (κ2) is 4.48. The molecule has 1 aromatic carbocycles. The Kier molecular flexibility index (Phi) is 3.45. The number of nitro benzene ring substituents is 1. The van der Waals surface area contributed by atoms with Gasteiger partial charge in [0.05, 0.1) is 10.5 Å². The van der Waals surface area contributed by atoms with Crippen molar-refractivity contribution in [3.63, 3.8) is 0 Å². The first-order valence-corrected chi connectivity index (χ1v) is 4.65. The molecular formula is C10H11NO6. The molecule has 7 nitrogen and oxygen atoms in total. The molecule has 92 valence electrons. The van der Waals surface area contributed by atoms with Crippen molar-refractivity contribution < 1.29 is 25.0 Å². The molecule has 0 fully saturated rings. The Balaban J connectivity index is 3.26. The standard InChI is InChI=1S/C10H11NO6/c1-10(15,9(13)14)8(12)6-4-2-3-5-7(6)11(16)17/h2-5,8,12,15H,1H3,(H,13,14)/t8-,10+/m0/s1. The van der Waals surface area contributed by atoms with Crippen LogP contribution in [0.25, 0.3) is 0 Å². The van der Waals surface area contributed by atoms with Crippen molar-refractivity contribution >= 4 is 11.7 Å². The van der Waals surface area contributed by atoms with E-state index in [1.165, 1.54) is 18.2 Å². The van der Waals surface area contributed by atoms with Crippen LogP contribution in [0.1, 0.15) is 18.6 Å². The molecule has 0 aliphatic rings. The lowest BCUT2D eigenvalue weighted by Crippen LogP contribution is -2.41. The lowest BCUT2D eigenvalue weighted by Gasteiger charge is -2.24. The number of aliphatic hydroxyl groups is 2. The van der Waals surface area contributed by atoms with E-state index in [2.05, 4.69) is 0 Å². The minimum absolute atomic E-state index is 0.245. The third kappa shape index (κ3) is 2.40. The number of aliphatic hydroxyl groups excluding tert-OH is 1. The minimum atomic E-state index is -2.49. The third-order valence-electron chi connectivity index (χ3n) is 2.39. The van der Waals surface area contributed by atoms with Crippen molar-refractivity contribution in [1.82, 2.24) is 0 Å². The van der Waals surface area contributed by atoms with Crippen molar-refractivity contribution in [2.75, 3.05) is 0 Å². The predicted molar refractivity (Wildman–Crippen MR) is 56.3 cm³/mol. The number of rotatable bonds is 4. The lowest BCUT2D eigenvalue weighted by atomic mass is 9.92. The summed E-state index contributed by atoms with van der Waals surface area (Å²) in [6.45, 7) is 0.872. The van der Waals surface area contributed by atoms with Crippen molar-refractivity contribution in [3.8, 4) is 0 Å². The van der Waals surface area contributed by atoms with Gasteiger partial charge in [0.25, 0.3) is 5.69 Å². The molecule has 2 atom stereocenters. The fraction of sp³-hybridized carbons (Fsp3) is 0.300. The van der Waals surface area contributed by atoms with E-state index in [9.17, 15) is 25.1 Å². The summed E-state index contributed by atoms with van der Waals surface area (Å²) in [4.78, 5) is 20.7. The summed E-state index contributed by atoms with van der Waals surface area (Å²) in [5.41, 5.74) is -3.18. The molecule has 7 heteroatoms. The molecule has 0 aliphatic heterocycles. The number of nitrogens with zero attached hydrogens (tertiary/aromatic N) is 1. The number of para-hydroxylation sites is 1. The maximum absolute atomic E-state index is 10.7. The molecule has 0 saturated heterocycles. The van der Waals surface area contributed by atoms with Crippen LogP contribution < -0.4 is 0 Å². The van der Waals surface area contributed by atoms with Gasteiger partial charge in [0, 0.05) is 6.07 Å². The predicted octanol–water partition coefficient (Wildman–Crippen LogP) is 0.464. The van der Waals surface area contributed by atoms with Gasteiger partial charge in [-0.25, -0.2) is 4.79 Å². The van der Waals surface area contributed by atoms with Crippen LogP contribution in [0.4, 0.5) is 5.69 Å². The quantitative estimate of drug-likeness (QED) is 0.520. The highest BCUT2D eigenvalue weighted by atomic mass is 16.6. The van der Waals surface area contributed by atoms with Crippen molar-refractivity contribution in [1.29, 1.82) is 0 Å². The van der Waals surface area contributed by atoms with Gasteiger partial charge in [-0.15, -0.1) is 0 Å². The van der Waals surface area contributed by atoms with E-state index in [0.717, 1.165) is 13.0 Å². The van der Waals surface area contributed by atoms with Crippen molar-refractivity contribution in [2.45, 2.75) is 18.6 Å². The molecule has 0 amide bonds. The summed E-state index contributed by atoms with van der Waals surface area (Å²) in [5.74, 6) is -1.66. The average molecular weight is 241 g/mol. The normalized spacial score (nSPS) is 15.9. The minimum Gasteiger partial charge on any atom is -0.479 e. The number of hydrogen-bond acceptors (Lipinski definition) is 5. The van der Waals surface area contributed by atoms with Gasteiger partial charge >= 0.3 is 5.97 Å². The van der Waals surface area contributed by atoms with Crippen LogP contribution in [0, 0.1) is 10.1 Å². The highest BCUT2D eigenvalue weighted by Crippen LogP contribution is 2.32. The van der Waals surface area contributed by atoms with Gasteiger partial charge in [0.2, 0.25) is 0 Å². The van der Waals surface area contributed by atoms with Gasteiger partial charge in [0.1, 0.15) is 6.10 Å². The lowest BCUT2D eigenvalue weighted by molar-refractivity contribution is -0.386. The monoisotopic (exact) mass is 241 g/mol. The Bertz CT molecular complexity index is 456. The zero-order valence-corrected chi connectivity index (χ0v) is 8.90. The zero-order valence-electron chi connectivity index (χ0n) is 8.90. The Morgan fingerprint density at radius 2 is 2.00 bits per heavy atom. The number of nitro groups is 1. The van der Waals surface area contributed by atoms with E-state index in [1.807, 2.05) is 0 Å². The van der Waals surface area contributed by atoms with Gasteiger partial charge in [-0.1, -0.05) is 12.1 Å². The highest BCUT2D eigenvalue weighted by Gasteiger charge is 2.42. The van der Waals surface area contributed by atoms with Crippen LogP contribution in [0.15, 0.2) is 24.3 Å². The van der Waals surface area contributed by atoms with Crippen LogP contribution in [0.2, 0.25) is 0 Å². The van der Waals surface area contributed by atoms with Crippen LogP contribution in [0.5, 0.6) is 0 Å². The van der Waals surface area contributed by atoms with Crippen LogP contribution in [0.3, 0.4) is 0 Å². The van der Waals surface area contributed by atoms with Crippen molar-refractivity contribution in [3.05, 3.63) is 39.9 Å². The first-order valence-electron chi connectivity index (χ1n) is 4.65. The third-order valence-corrected chi connectivity index (χ3v) is 2.39. The van der Waals surface area contributed by atoms with Crippen LogP contribution >= 0.6 is 0 Å². The zero-order chi connectivity index (χ0) is 13.2. The molecule has 1 rings (SSSR count). The van der Waals surface area contributed by atoms with Gasteiger partial charge in [-0.3, -0.25) is 10.1 Å². The highest BCUT2D eigenvalue weighted by molar-refractivity contribution is 5.78. The molecule has 0 spiro atoms. The number of aliphatic carboxylic acids is 1. The Morgan fingerprint density at radius 3 is 2.47 bits per heavy atom. The Hall–Kier alpha value is -1.99. The molecule has 0 radical (unpaired) electrons. The largest absolute Gasteiger partial charge is 0.479 e. The fourth-order valence-corrected chi connectivity index (χ4v) is 1.30. The summed E-state index contributed by atoms with van der Waals surface area (Å²) >= 11 is 0. The SMILES string of the molecule is C[C@](O)(C(=O)O)[C@@H](O)c1ccccc1[N+](=O)[O-]. The second-order valence-electron chi connectivity index (χ2n) is 3.67. The summed E-state index contributed by atoms with van der Waals surface area (Å²) in [6, 6.07) is 5.10. The van der Waals surface area contributed by atoms with Gasteiger partial charge in [-0.05, 0) is 13.0 Å². The first kappa shape index (κ1) is 13.1. The van der Waals surface area contributed by atoms with Crippen molar-refractivity contribution in [2.24, 2.45) is 0 Å². The molecule has 0 saturated carbocycles. The van der Waals surface area contributed by atoms with E-state index in [4.69, 9.17) is 5.11 Å². The molecule has 0 heterocycles. The summed E-state index contributed by atoms with van der Waals surface area (Å²) in [6.07, 6.45) is -1.89.